The second-order valence-electron chi connectivity index (χ2n) is 10.0. The maximum atomic E-state index is 13.3. The molecule has 1 aliphatic rings. The molecule has 0 bridgehead atoms. The molecule has 2 aromatic rings. The molecule has 1 fully saturated rings. The number of carbonyl (C=O) groups excluding carboxylic acids is 4. The monoisotopic (exact) mass is 525 g/mol. The van der Waals surface area contributed by atoms with Gasteiger partial charge in [-0.3, -0.25) is 14.5 Å². The van der Waals surface area contributed by atoms with Crippen LogP contribution in [0.4, 0.5) is 9.59 Å². The Morgan fingerprint density at radius 2 is 1.61 bits per heavy atom. The zero-order valence-electron chi connectivity index (χ0n) is 22.2. The van der Waals surface area contributed by atoms with E-state index in [0.29, 0.717) is 6.42 Å². The molecule has 1 saturated heterocycles. The molecule has 204 valence electrons. The maximum absolute atomic E-state index is 13.3. The number of hydrogen-bond acceptors (Lipinski definition) is 7. The second-order valence-corrected chi connectivity index (χ2v) is 10.0. The first-order valence-electron chi connectivity index (χ1n) is 12.4. The number of carbonyl (C=O) groups is 4. The number of nitrogens with one attached hydrogen (secondary N) is 1. The van der Waals surface area contributed by atoms with Crippen LogP contribution in [0, 0.1) is 0 Å². The predicted octanol–water partition coefficient (Wildman–Crippen LogP) is 3.15. The Hall–Kier alpha value is -4.08. The number of hydrogen-bond donors (Lipinski definition) is 1. The van der Waals surface area contributed by atoms with Crippen LogP contribution in [0.1, 0.15) is 31.9 Å². The van der Waals surface area contributed by atoms with Crippen LogP contribution in [-0.2, 0) is 36.8 Å². The Bertz CT molecular complexity index is 1100. The molecule has 1 aliphatic heterocycles. The third-order valence-electron chi connectivity index (χ3n) is 5.92. The van der Waals surface area contributed by atoms with Gasteiger partial charge in [0.25, 0.3) is 0 Å². The van der Waals surface area contributed by atoms with E-state index in [1.165, 1.54) is 16.9 Å². The number of esters is 1. The van der Waals surface area contributed by atoms with Gasteiger partial charge >= 0.3 is 18.2 Å². The van der Waals surface area contributed by atoms with Gasteiger partial charge in [-0.2, -0.15) is 0 Å². The summed E-state index contributed by atoms with van der Waals surface area (Å²) in [5.41, 5.74) is 0.957. The zero-order valence-corrected chi connectivity index (χ0v) is 22.2. The summed E-state index contributed by atoms with van der Waals surface area (Å²) in [6, 6.07) is 17.2. The van der Waals surface area contributed by atoms with Crippen molar-refractivity contribution in [2.45, 2.75) is 51.5 Å². The molecule has 0 radical (unpaired) electrons. The first-order chi connectivity index (χ1) is 18.1. The Morgan fingerprint density at radius 1 is 1.00 bits per heavy atom. The Kier molecular flexibility index (Phi) is 9.70. The highest BCUT2D eigenvalue weighted by molar-refractivity contribution is 5.87. The van der Waals surface area contributed by atoms with E-state index in [9.17, 15) is 19.2 Å². The molecule has 38 heavy (non-hydrogen) atoms. The van der Waals surface area contributed by atoms with E-state index in [-0.39, 0.29) is 26.2 Å². The number of benzene rings is 2. The lowest BCUT2D eigenvalue weighted by Crippen LogP contribution is -2.65. The minimum atomic E-state index is -0.741. The summed E-state index contributed by atoms with van der Waals surface area (Å²) in [5.74, 6) is -1.02. The summed E-state index contributed by atoms with van der Waals surface area (Å²) in [4.78, 5) is 53.7. The van der Waals surface area contributed by atoms with Gasteiger partial charge in [-0.25, -0.2) is 9.59 Å². The number of rotatable bonds is 8. The first kappa shape index (κ1) is 28.5. The molecule has 1 heterocycles. The van der Waals surface area contributed by atoms with Crippen molar-refractivity contribution >= 4 is 24.1 Å². The van der Waals surface area contributed by atoms with Crippen LogP contribution in [0.25, 0.3) is 0 Å². The van der Waals surface area contributed by atoms with Crippen molar-refractivity contribution < 1.29 is 33.4 Å². The molecule has 10 nitrogen and oxygen atoms in total. The van der Waals surface area contributed by atoms with Crippen LogP contribution in [0.3, 0.4) is 0 Å². The van der Waals surface area contributed by atoms with Crippen molar-refractivity contribution in [3.05, 3.63) is 71.8 Å². The average Bonchev–Trinajstić information content (AvgIpc) is 2.88. The van der Waals surface area contributed by atoms with Gasteiger partial charge in [0, 0.05) is 6.54 Å². The summed E-state index contributed by atoms with van der Waals surface area (Å²) >= 11 is 0. The van der Waals surface area contributed by atoms with Crippen molar-refractivity contribution in [3.8, 4) is 0 Å². The van der Waals surface area contributed by atoms with E-state index >= 15 is 0 Å². The number of piperazine rings is 1. The highest BCUT2D eigenvalue weighted by atomic mass is 16.6. The summed E-state index contributed by atoms with van der Waals surface area (Å²) < 4.78 is 15.8. The fraction of sp³-hybridized carbons (Fsp3) is 0.429. The second kappa shape index (κ2) is 12.9. The van der Waals surface area contributed by atoms with Gasteiger partial charge in [0.1, 0.15) is 25.3 Å². The molecular formula is C28H35N3O7. The van der Waals surface area contributed by atoms with Gasteiger partial charge in [0.15, 0.2) is 0 Å². The third kappa shape index (κ3) is 8.50. The normalized spacial score (nSPS) is 16.4. The van der Waals surface area contributed by atoms with Gasteiger partial charge in [-0.05, 0) is 38.3 Å². The average molecular weight is 526 g/mol. The maximum Gasteiger partial charge on any atom is 0.410 e. The Labute approximate surface area is 222 Å². The lowest BCUT2D eigenvalue weighted by atomic mass is 9.96. The number of amides is 3. The fourth-order valence-electron chi connectivity index (χ4n) is 4.12. The standard InChI is InChI=1S/C28H35N3O7/c1-28(2,3)38-26(34)29-22(15-20-11-7-5-8-12-20)23-16-30(18-25(33)36-4)24(32)17-31(23)27(35)37-19-21-13-9-6-10-14-21/h5-14,22-23H,15-19H2,1-4H3,(H,29,34)/t22-,23?/m0/s1. The van der Waals surface area contributed by atoms with Crippen molar-refractivity contribution in [3.63, 3.8) is 0 Å². The van der Waals surface area contributed by atoms with E-state index in [0.717, 1.165) is 11.1 Å². The predicted molar refractivity (Wildman–Crippen MR) is 139 cm³/mol. The van der Waals surface area contributed by atoms with Crippen molar-refractivity contribution in [2.24, 2.45) is 0 Å². The van der Waals surface area contributed by atoms with Gasteiger partial charge < -0.3 is 24.4 Å². The molecule has 0 saturated carbocycles. The fourth-order valence-corrected chi connectivity index (χ4v) is 4.12. The van der Waals surface area contributed by atoms with Crippen LogP contribution < -0.4 is 5.32 Å². The Morgan fingerprint density at radius 3 is 2.18 bits per heavy atom. The van der Waals surface area contributed by atoms with Gasteiger partial charge in [-0.1, -0.05) is 60.7 Å². The van der Waals surface area contributed by atoms with Crippen molar-refractivity contribution in [1.29, 1.82) is 0 Å². The van der Waals surface area contributed by atoms with Crippen molar-refractivity contribution in [1.82, 2.24) is 15.1 Å². The molecule has 1 unspecified atom stereocenters. The minimum absolute atomic E-state index is 0.0122. The van der Waals surface area contributed by atoms with E-state index < -0.39 is 41.7 Å². The molecule has 10 heteroatoms. The topological polar surface area (TPSA) is 114 Å². The number of alkyl carbamates (subject to hydrolysis) is 1. The minimum Gasteiger partial charge on any atom is -0.468 e. The largest absolute Gasteiger partial charge is 0.468 e. The third-order valence-corrected chi connectivity index (χ3v) is 5.92. The lowest BCUT2D eigenvalue weighted by Gasteiger charge is -2.43. The van der Waals surface area contributed by atoms with Crippen LogP contribution in [-0.4, -0.2) is 78.3 Å². The molecule has 3 amide bonds. The lowest BCUT2D eigenvalue weighted by molar-refractivity contribution is -0.150. The molecule has 0 spiro atoms. The van der Waals surface area contributed by atoms with E-state index in [2.05, 4.69) is 5.32 Å². The van der Waals surface area contributed by atoms with Gasteiger partial charge in [0.05, 0.1) is 19.2 Å². The molecule has 2 atom stereocenters. The summed E-state index contributed by atoms with van der Waals surface area (Å²) in [7, 11) is 1.24. The first-order valence-corrected chi connectivity index (χ1v) is 12.4. The summed E-state index contributed by atoms with van der Waals surface area (Å²) in [6.07, 6.45) is -1.02. The summed E-state index contributed by atoms with van der Waals surface area (Å²) in [6.45, 7) is 4.67. The number of methoxy groups -OCH3 is 1. The molecule has 0 aromatic heterocycles. The van der Waals surface area contributed by atoms with Crippen LogP contribution in [0.2, 0.25) is 0 Å². The van der Waals surface area contributed by atoms with Crippen molar-refractivity contribution in [2.75, 3.05) is 26.7 Å². The molecule has 1 N–H and O–H groups in total. The van der Waals surface area contributed by atoms with Gasteiger partial charge in [0.2, 0.25) is 5.91 Å². The SMILES string of the molecule is COC(=O)CN1CC([C@H](Cc2ccccc2)NC(=O)OC(C)(C)C)N(C(=O)OCc2ccccc2)CC1=O. The Balaban J connectivity index is 1.90. The highest BCUT2D eigenvalue weighted by Gasteiger charge is 2.42. The van der Waals surface area contributed by atoms with E-state index in [1.807, 2.05) is 60.7 Å². The molecule has 2 aromatic carbocycles. The summed E-state index contributed by atoms with van der Waals surface area (Å²) in [5, 5.41) is 2.89. The quantitative estimate of drug-likeness (QED) is 0.416. The van der Waals surface area contributed by atoms with Crippen LogP contribution in [0.15, 0.2) is 60.7 Å². The zero-order chi connectivity index (χ0) is 27.7. The molecule has 0 aliphatic carbocycles. The highest BCUT2D eigenvalue weighted by Crippen LogP contribution is 2.20. The molecule has 3 rings (SSSR count). The van der Waals surface area contributed by atoms with Crippen LogP contribution in [0.5, 0.6) is 0 Å². The molecular weight excluding hydrogens is 490 g/mol. The van der Waals surface area contributed by atoms with E-state index in [4.69, 9.17) is 14.2 Å². The van der Waals surface area contributed by atoms with Crippen LogP contribution >= 0.6 is 0 Å². The van der Waals surface area contributed by atoms with Gasteiger partial charge in [-0.15, -0.1) is 0 Å². The smallest absolute Gasteiger partial charge is 0.410 e. The van der Waals surface area contributed by atoms with E-state index in [1.54, 1.807) is 20.8 Å². The number of ether oxygens (including phenoxy) is 3. The number of nitrogens with zero attached hydrogens (tertiary/aromatic N) is 2.